The Morgan fingerprint density at radius 1 is 0.733 bits per heavy atom. The SMILES string of the molecule is O=C(O)CCCCCCCCCCCCCCCCOc1ccccc1S(=O)(=O)O. The van der Waals surface area contributed by atoms with Crippen molar-refractivity contribution in [3.63, 3.8) is 0 Å². The normalized spacial score (nSPS) is 11.5. The van der Waals surface area contributed by atoms with E-state index in [2.05, 4.69) is 0 Å². The lowest BCUT2D eigenvalue weighted by Crippen LogP contribution is -2.04. The summed E-state index contributed by atoms with van der Waals surface area (Å²) in [4.78, 5) is 10.2. The van der Waals surface area contributed by atoms with Crippen LogP contribution >= 0.6 is 0 Å². The van der Waals surface area contributed by atoms with Crippen molar-refractivity contribution >= 4 is 16.1 Å². The molecule has 30 heavy (non-hydrogen) atoms. The summed E-state index contributed by atoms with van der Waals surface area (Å²) in [6.07, 6.45) is 16.4. The molecule has 0 unspecified atom stereocenters. The van der Waals surface area contributed by atoms with E-state index >= 15 is 0 Å². The molecule has 7 heteroatoms. The quantitative estimate of drug-likeness (QED) is 0.194. The minimum Gasteiger partial charge on any atom is -0.492 e. The van der Waals surface area contributed by atoms with Gasteiger partial charge in [0.25, 0.3) is 10.1 Å². The molecule has 0 aliphatic rings. The largest absolute Gasteiger partial charge is 0.492 e. The highest BCUT2D eigenvalue weighted by Gasteiger charge is 2.15. The van der Waals surface area contributed by atoms with E-state index in [-0.39, 0.29) is 10.6 Å². The van der Waals surface area contributed by atoms with Gasteiger partial charge in [0.1, 0.15) is 10.6 Å². The van der Waals surface area contributed by atoms with Crippen LogP contribution in [0.15, 0.2) is 29.2 Å². The molecule has 0 fully saturated rings. The van der Waals surface area contributed by atoms with Gasteiger partial charge in [-0.15, -0.1) is 0 Å². The lowest BCUT2D eigenvalue weighted by Gasteiger charge is -2.09. The number of ether oxygens (including phenoxy) is 1. The Morgan fingerprint density at radius 2 is 1.17 bits per heavy atom. The Morgan fingerprint density at radius 3 is 1.63 bits per heavy atom. The zero-order chi connectivity index (χ0) is 22.1. The summed E-state index contributed by atoms with van der Waals surface area (Å²) in [5, 5.41) is 8.57. The topological polar surface area (TPSA) is 101 Å². The number of hydrogen-bond donors (Lipinski definition) is 2. The fourth-order valence-corrected chi connectivity index (χ4v) is 4.10. The van der Waals surface area contributed by atoms with Crippen LogP contribution in [0.4, 0.5) is 0 Å². The molecule has 0 radical (unpaired) electrons. The van der Waals surface area contributed by atoms with E-state index in [0.717, 1.165) is 38.5 Å². The van der Waals surface area contributed by atoms with Gasteiger partial charge in [-0.05, 0) is 25.0 Å². The third kappa shape index (κ3) is 13.6. The summed E-state index contributed by atoms with van der Waals surface area (Å²) in [5.41, 5.74) is 0. The molecule has 0 spiro atoms. The van der Waals surface area contributed by atoms with Crippen LogP contribution in [0.2, 0.25) is 0 Å². The first-order valence-electron chi connectivity index (χ1n) is 11.3. The number of rotatable bonds is 19. The predicted molar refractivity (Wildman–Crippen MR) is 119 cm³/mol. The number of aliphatic carboxylic acids is 1. The fraction of sp³-hybridized carbons (Fsp3) is 0.696. The van der Waals surface area contributed by atoms with E-state index < -0.39 is 16.1 Å². The Labute approximate surface area is 181 Å². The molecule has 6 nitrogen and oxygen atoms in total. The Kier molecular flexibility index (Phi) is 14.2. The minimum atomic E-state index is -4.25. The van der Waals surface area contributed by atoms with E-state index in [1.807, 2.05) is 0 Å². The molecule has 0 aliphatic carbocycles. The number of carboxylic acid groups (broad SMARTS) is 1. The summed E-state index contributed by atoms with van der Waals surface area (Å²) >= 11 is 0. The van der Waals surface area contributed by atoms with Crippen LogP contribution in [0.25, 0.3) is 0 Å². The molecule has 0 saturated carbocycles. The van der Waals surface area contributed by atoms with Gasteiger partial charge < -0.3 is 9.84 Å². The van der Waals surface area contributed by atoms with Crippen molar-refractivity contribution in [2.24, 2.45) is 0 Å². The second-order valence-electron chi connectivity index (χ2n) is 7.86. The molecular formula is C23H38O6S. The van der Waals surface area contributed by atoms with Gasteiger partial charge in [0, 0.05) is 6.42 Å². The highest BCUT2D eigenvalue weighted by molar-refractivity contribution is 7.86. The van der Waals surface area contributed by atoms with Gasteiger partial charge in [0.05, 0.1) is 6.61 Å². The molecular weight excluding hydrogens is 404 g/mol. The van der Waals surface area contributed by atoms with Gasteiger partial charge in [-0.1, -0.05) is 89.2 Å². The highest BCUT2D eigenvalue weighted by Crippen LogP contribution is 2.23. The van der Waals surface area contributed by atoms with Crippen LogP contribution in [0.3, 0.4) is 0 Å². The van der Waals surface area contributed by atoms with Crippen LogP contribution in [-0.2, 0) is 14.9 Å². The summed E-state index contributed by atoms with van der Waals surface area (Å²) < 4.78 is 37.3. The molecule has 1 aromatic carbocycles. The third-order valence-corrected chi connectivity index (χ3v) is 6.06. The molecule has 0 bridgehead atoms. The van der Waals surface area contributed by atoms with Gasteiger partial charge in [-0.3, -0.25) is 9.35 Å². The lowest BCUT2D eigenvalue weighted by molar-refractivity contribution is -0.137. The zero-order valence-electron chi connectivity index (χ0n) is 18.1. The second kappa shape index (κ2) is 16.1. The van der Waals surface area contributed by atoms with Crippen molar-refractivity contribution in [2.45, 2.75) is 101 Å². The van der Waals surface area contributed by atoms with Crippen molar-refractivity contribution in [1.29, 1.82) is 0 Å². The van der Waals surface area contributed by atoms with E-state index in [1.54, 1.807) is 18.2 Å². The molecule has 2 N–H and O–H groups in total. The van der Waals surface area contributed by atoms with Crippen molar-refractivity contribution in [3.8, 4) is 5.75 Å². The molecule has 1 rings (SSSR count). The standard InChI is InChI=1S/C23H38O6S/c24-23(25)19-13-11-9-7-5-3-1-2-4-6-8-10-12-16-20-29-21-17-14-15-18-22(21)30(26,27)28/h14-15,17-18H,1-13,16,19-20H2,(H,24,25)(H,26,27,28). The Balaban J connectivity index is 1.88. The molecule has 1 aromatic rings. The fourth-order valence-electron chi connectivity index (χ4n) is 3.46. The molecule has 0 aromatic heterocycles. The van der Waals surface area contributed by atoms with Gasteiger partial charge >= 0.3 is 5.97 Å². The van der Waals surface area contributed by atoms with Crippen LogP contribution in [-0.4, -0.2) is 30.7 Å². The molecule has 172 valence electrons. The van der Waals surface area contributed by atoms with E-state index in [9.17, 15) is 17.8 Å². The minimum absolute atomic E-state index is 0.178. The summed E-state index contributed by atoms with van der Waals surface area (Å²) in [5.74, 6) is -0.481. The first-order chi connectivity index (χ1) is 14.4. The van der Waals surface area contributed by atoms with Crippen LogP contribution in [0.1, 0.15) is 96.3 Å². The zero-order valence-corrected chi connectivity index (χ0v) is 18.9. The Bertz CT molecular complexity index is 687. The van der Waals surface area contributed by atoms with Gasteiger partial charge in [0.2, 0.25) is 0 Å². The summed E-state index contributed by atoms with van der Waals surface area (Å²) in [6, 6.07) is 6.14. The van der Waals surface area contributed by atoms with Crippen molar-refractivity contribution in [2.75, 3.05) is 6.61 Å². The number of carboxylic acids is 1. The molecule has 0 heterocycles. The van der Waals surface area contributed by atoms with E-state index in [0.29, 0.717) is 13.0 Å². The van der Waals surface area contributed by atoms with Gasteiger partial charge in [-0.25, -0.2) is 0 Å². The molecule has 0 saturated heterocycles. The maximum atomic E-state index is 11.3. The number of hydrogen-bond acceptors (Lipinski definition) is 4. The number of para-hydroxylation sites is 1. The third-order valence-electron chi connectivity index (χ3n) is 5.17. The average Bonchev–Trinajstić information content (AvgIpc) is 2.69. The second-order valence-corrected chi connectivity index (χ2v) is 9.25. The van der Waals surface area contributed by atoms with Crippen molar-refractivity contribution in [3.05, 3.63) is 24.3 Å². The average molecular weight is 443 g/mol. The van der Waals surface area contributed by atoms with Crippen LogP contribution < -0.4 is 4.74 Å². The summed E-state index contributed by atoms with van der Waals surface area (Å²) in [6.45, 7) is 0.447. The summed E-state index contributed by atoms with van der Waals surface area (Å²) in [7, 11) is -4.25. The smallest absolute Gasteiger partial charge is 0.303 e. The van der Waals surface area contributed by atoms with Crippen LogP contribution in [0.5, 0.6) is 5.75 Å². The van der Waals surface area contributed by atoms with Gasteiger partial charge in [0.15, 0.2) is 0 Å². The monoisotopic (exact) mass is 442 g/mol. The van der Waals surface area contributed by atoms with Crippen molar-refractivity contribution in [1.82, 2.24) is 0 Å². The predicted octanol–water partition coefficient (Wildman–Crippen LogP) is 6.25. The maximum Gasteiger partial charge on any atom is 0.303 e. The van der Waals surface area contributed by atoms with E-state index in [4.69, 9.17) is 9.84 Å². The molecule has 0 aliphatic heterocycles. The van der Waals surface area contributed by atoms with Crippen molar-refractivity contribution < 1.29 is 27.6 Å². The number of benzene rings is 1. The molecule has 0 atom stereocenters. The molecule has 0 amide bonds. The van der Waals surface area contributed by atoms with Gasteiger partial charge in [-0.2, -0.15) is 8.42 Å². The first-order valence-corrected chi connectivity index (χ1v) is 12.8. The van der Waals surface area contributed by atoms with E-state index in [1.165, 1.54) is 57.4 Å². The number of carbonyl (C=O) groups is 1. The number of unbranched alkanes of at least 4 members (excludes halogenated alkanes) is 13. The first kappa shape index (κ1) is 26.4. The van der Waals surface area contributed by atoms with Crippen LogP contribution in [0, 0.1) is 0 Å². The highest BCUT2D eigenvalue weighted by atomic mass is 32.2. The Hall–Kier alpha value is -1.60. The lowest BCUT2D eigenvalue weighted by atomic mass is 10.0. The maximum absolute atomic E-state index is 11.3.